The lowest BCUT2D eigenvalue weighted by atomic mass is 9.88. The molecular weight excluding hydrogens is 172 g/mol. The Morgan fingerprint density at radius 1 is 1.21 bits per heavy atom. The monoisotopic (exact) mass is 184 g/mol. The third-order valence-electron chi connectivity index (χ3n) is 3.09. The second-order valence-electron chi connectivity index (χ2n) is 4.00. The molecule has 1 aliphatic rings. The van der Waals surface area contributed by atoms with E-state index >= 15 is 0 Å². The van der Waals surface area contributed by atoms with E-state index in [-0.39, 0.29) is 0 Å². The Kier molecular flexibility index (Phi) is 1.43. The van der Waals surface area contributed by atoms with Crippen molar-refractivity contribution in [3.8, 4) is 0 Å². The number of nitrogens with zero attached hydrogens (tertiary/aromatic N) is 2. The molecule has 70 valence electrons. The van der Waals surface area contributed by atoms with Crippen LogP contribution in [0.3, 0.4) is 0 Å². The van der Waals surface area contributed by atoms with Gasteiger partial charge in [0.25, 0.3) is 0 Å². The fourth-order valence-electron chi connectivity index (χ4n) is 2.14. The van der Waals surface area contributed by atoms with Gasteiger partial charge >= 0.3 is 0 Å². The van der Waals surface area contributed by atoms with Crippen LogP contribution in [0, 0.1) is 13.8 Å². The molecule has 2 aromatic rings. The van der Waals surface area contributed by atoms with Gasteiger partial charge in [0.15, 0.2) is 0 Å². The lowest BCUT2D eigenvalue weighted by molar-refractivity contribution is 0.789. The molecule has 1 aliphatic carbocycles. The van der Waals surface area contributed by atoms with Gasteiger partial charge in [-0.25, -0.2) is 0 Å². The number of aryl methyl sites for hydroxylation is 3. The van der Waals surface area contributed by atoms with E-state index in [1.54, 1.807) is 0 Å². The lowest BCUT2D eigenvalue weighted by Gasteiger charge is -2.21. The fraction of sp³-hybridized carbons (Fsp3) is 0.333. The average Bonchev–Trinajstić information content (AvgIpc) is 2.12. The highest BCUT2D eigenvalue weighted by atomic mass is 14.8. The average molecular weight is 184 g/mol. The predicted molar refractivity (Wildman–Crippen MR) is 56.4 cm³/mol. The quantitative estimate of drug-likeness (QED) is 0.628. The van der Waals surface area contributed by atoms with Crippen LogP contribution in [0.1, 0.15) is 22.5 Å². The number of hydrogen-bond acceptors (Lipinski definition) is 2. The molecule has 0 unspecified atom stereocenters. The zero-order valence-electron chi connectivity index (χ0n) is 8.46. The molecule has 0 amide bonds. The molecule has 0 spiro atoms. The van der Waals surface area contributed by atoms with Crippen LogP contribution in [-0.2, 0) is 12.8 Å². The van der Waals surface area contributed by atoms with Crippen LogP contribution in [0.5, 0.6) is 0 Å². The van der Waals surface area contributed by atoms with E-state index in [9.17, 15) is 0 Å². The number of hydrogen-bond donors (Lipinski definition) is 0. The predicted octanol–water partition coefficient (Wildman–Crippen LogP) is 2.35. The molecule has 0 atom stereocenters. The van der Waals surface area contributed by atoms with Crippen LogP contribution in [0.2, 0.25) is 0 Å². The van der Waals surface area contributed by atoms with Gasteiger partial charge in [-0.1, -0.05) is 0 Å². The van der Waals surface area contributed by atoms with Gasteiger partial charge in [0.2, 0.25) is 0 Å². The summed E-state index contributed by atoms with van der Waals surface area (Å²) in [5, 5.41) is 1.27. The summed E-state index contributed by atoms with van der Waals surface area (Å²) in [4.78, 5) is 8.88. The molecule has 2 heterocycles. The minimum Gasteiger partial charge on any atom is -0.259 e. The molecule has 0 saturated carbocycles. The summed E-state index contributed by atoms with van der Waals surface area (Å²) in [5.41, 5.74) is 6.26. The second kappa shape index (κ2) is 2.53. The lowest BCUT2D eigenvalue weighted by Crippen LogP contribution is -2.13. The van der Waals surface area contributed by atoms with Crippen molar-refractivity contribution < 1.29 is 0 Å². The zero-order chi connectivity index (χ0) is 9.71. The molecule has 0 saturated heterocycles. The standard InChI is InChI=1S/C12H12N2/c1-7-5-10-8(2)9-3-4-11(9)14-12(10)6-13-7/h5-6H,3-4H2,1-2H3. The van der Waals surface area contributed by atoms with E-state index in [4.69, 9.17) is 0 Å². The Bertz CT molecular complexity index is 529. The van der Waals surface area contributed by atoms with Crippen molar-refractivity contribution in [2.75, 3.05) is 0 Å². The first-order chi connectivity index (χ1) is 6.75. The van der Waals surface area contributed by atoms with Crippen LogP contribution >= 0.6 is 0 Å². The fourth-order valence-corrected chi connectivity index (χ4v) is 2.14. The Morgan fingerprint density at radius 2 is 2.07 bits per heavy atom. The molecule has 0 bridgehead atoms. The van der Waals surface area contributed by atoms with Crippen LogP contribution in [0.4, 0.5) is 0 Å². The van der Waals surface area contributed by atoms with E-state index < -0.39 is 0 Å². The highest BCUT2D eigenvalue weighted by molar-refractivity contribution is 5.83. The summed E-state index contributed by atoms with van der Waals surface area (Å²) < 4.78 is 0. The SMILES string of the molecule is Cc1cc2c(C)c3c(nc2cn1)CC3. The number of aromatic nitrogens is 2. The highest BCUT2D eigenvalue weighted by Crippen LogP contribution is 2.29. The van der Waals surface area contributed by atoms with Crippen molar-refractivity contribution in [1.29, 1.82) is 0 Å². The molecule has 0 radical (unpaired) electrons. The maximum atomic E-state index is 4.60. The van der Waals surface area contributed by atoms with Gasteiger partial charge in [0.1, 0.15) is 0 Å². The summed E-state index contributed by atoms with van der Waals surface area (Å²) >= 11 is 0. The third-order valence-corrected chi connectivity index (χ3v) is 3.09. The van der Waals surface area contributed by atoms with Gasteiger partial charge in [-0.3, -0.25) is 9.97 Å². The molecule has 14 heavy (non-hydrogen) atoms. The molecule has 3 rings (SSSR count). The van der Waals surface area contributed by atoms with E-state index in [1.165, 1.54) is 28.6 Å². The topological polar surface area (TPSA) is 25.8 Å². The maximum absolute atomic E-state index is 4.60. The second-order valence-corrected chi connectivity index (χ2v) is 4.00. The normalized spacial score (nSPS) is 13.9. The molecule has 0 aromatic carbocycles. The summed E-state index contributed by atoms with van der Waals surface area (Å²) in [6, 6.07) is 2.14. The first-order valence-corrected chi connectivity index (χ1v) is 5.00. The van der Waals surface area contributed by atoms with Gasteiger partial charge in [-0.15, -0.1) is 0 Å². The molecule has 0 N–H and O–H groups in total. The minimum absolute atomic E-state index is 1.05. The summed E-state index contributed by atoms with van der Waals surface area (Å²) in [6.45, 7) is 4.22. The largest absolute Gasteiger partial charge is 0.259 e. The third kappa shape index (κ3) is 0.910. The summed E-state index contributed by atoms with van der Waals surface area (Å²) in [6.07, 6.45) is 4.22. The Labute approximate surface area is 83.0 Å². The van der Waals surface area contributed by atoms with Crippen LogP contribution in [-0.4, -0.2) is 9.97 Å². The van der Waals surface area contributed by atoms with Crippen molar-refractivity contribution in [2.24, 2.45) is 0 Å². The van der Waals surface area contributed by atoms with Gasteiger partial charge in [0.05, 0.1) is 11.7 Å². The Hall–Kier alpha value is -1.44. The molecule has 0 fully saturated rings. The highest BCUT2D eigenvalue weighted by Gasteiger charge is 2.19. The van der Waals surface area contributed by atoms with E-state index in [0.29, 0.717) is 0 Å². The van der Waals surface area contributed by atoms with E-state index in [2.05, 4.69) is 23.0 Å². The molecule has 2 heteroatoms. The molecular formula is C12H12N2. The van der Waals surface area contributed by atoms with Crippen LogP contribution < -0.4 is 0 Å². The van der Waals surface area contributed by atoms with Crippen molar-refractivity contribution in [2.45, 2.75) is 26.7 Å². The van der Waals surface area contributed by atoms with Crippen LogP contribution in [0.25, 0.3) is 10.9 Å². The minimum atomic E-state index is 1.05. The van der Waals surface area contributed by atoms with Gasteiger partial charge in [0, 0.05) is 16.8 Å². The molecule has 2 nitrogen and oxygen atoms in total. The number of fused-ring (bicyclic) bond motifs is 2. The van der Waals surface area contributed by atoms with Crippen molar-refractivity contribution in [1.82, 2.24) is 9.97 Å². The Morgan fingerprint density at radius 3 is 2.79 bits per heavy atom. The maximum Gasteiger partial charge on any atom is 0.0891 e. The summed E-state index contributed by atoms with van der Waals surface area (Å²) in [5.74, 6) is 0. The van der Waals surface area contributed by atoms with Gasteiger partial charge in [-0.2, -0.15) is 0 Å². The first-order valence-electron chi connectivity index (χ1n) is 5.00. The first kappa shape index (κ1) is 7.92. The van der Waals surface area contributed by atoms with Gasteiger partial charge < -0.3 is 0 Å². The van der Waals surface area contributed by atoms with Crippen molar-refractivity contribution in [3.05, 3.63) is 34.8 Å². The van der Waals surface area contributed by atoms with E-state index in [0.717, 1.165) is 17.6 Å². The zero-order valence-corrected chi connectivity index (χ0v) is 8.46. The number of pyridine rings is 2. The molecule has 2 aromatic heterocycles. The summed E-state index contributed by atoms with van der Waals surface area (Å²) in [7, 11) is 0. The number of rotatable bonds is 0. The Balaban J connectivity index is 2.45. The van der Waals surface area contributed by atoms with Gasteiger partial charge in [-0.05, 0) is 43.9 Å². The van der Waals surface area contributed by atoms with Crippen molar-refractivity contribution >= 4 is 10.9 Å². The smallest absolute Gasteiger partial charge is 0.0891 e. The molecule has 0 aliphatic heterocycles. The van der Waals surface area contributed by atoms with Crippen molar-refractivity contribution in [3.63, 3.8) is 0 Å². The van der Waals surface area contributed by atoms with Crippen LogP contribution in [0.15, 0.2) is 12.3 Å². The van der Waals surface area contributed by atoms with E-state index in [1.807, 2.05) is 13.1 Å².